The Kier molecular flexibility index (Phi) is 8.61. The molecule has 230 valence electrons. The average molecular weight is 623 g/mol. The molecule has 0 aliphatic heterocycles. The van der Waals surface area contributed by atoms with Crippen LogP contribution in [-0.4, -0.2) is 31.1 Å². The summed E-state index contributed by atoms with van der Waals surface area (Å²) in [6.45, 7) is 0. The first-order valence-corrected chi connectivity index (χ1v) is 15.6. The molecule has 0 amide bonds. The molecule has 0 atom stereocenters. The summed E-state index contributed by atoms with van der Waals surface area (Å²) >= 11 is 0. The Hall–Kier alpha value is -6.66. The van der Waals surface area contributed by atoms with Gasteiger partial charge in [0.05, 0.1) is 22.8 Å². The molecule has 6 heteroatoms. The molecule has 0 bridgehead atoms. The zero-order chi connectivity index (χ0) is 32.7. The molecular formula is C42H30N4O2. The van der Waals surface area contributed by atoms with Crippen LogP contribution in [0.1, 0.15) is 31.8 Å². The molecule has 7 aromatic rings. The van der Waals surface area contributed by atoms with Crippen molar-refractivity contribution in [2.45, 2.75) is 0 Å². The maximum Gasteiger partial charge on any atom is 0.185 e. The first kappa shape index (κ1) is 30.0. The topological polar surface area (TPSA) is 69.8 Å². The van der Waals surface area contributed by atoms with Gasteiger partial charge in [-0.3, -0.25) is 9.59 Å². The SMILES string of the molecule is O=C(/C=C/c1cn(-c2ccccc2)nc1-c1ccc(-c2nn(-c3ccccc3)cc2/C=C/C(=O)c2ccccc2)cc1)c1ccccc1. The minimum Gasteiger partial charge on any atom is -0.289 e. The number of carbonyl (C=O) groups is 2. The number of allylic oxidation sites excluding steroid dienone is 2. The number of nitrogens with zero attached hydrogens (tertiary/aromatic N) is 4. The summed E-state index contributed by atoms with van der Waals surface area (Å²) in [5.41, 5.74) is 7.96. The Balaban J connectivity index is 1.24. The van der Waals surface area contributed by atoms with Crippen molar-refractivity contribution in [2.24, 2.45) is 0 Å². The summed E-state index contributed by atoms with van der Waals surface area (Å²) in [7, 11) is 0. The van der Waals surface area contributed by atoms with E-state index in [1.807, 2.05) is 155 Å². The van der Waals surface area contributed by atoms with Crippen LogP contribution < -0.4 is 0 Å². The molecule has 0 saturated carbocycles. The van der Waals surface area contributed by atoms with Crippen LogP contribution in [0.4, 0.5) is 0 Å². The van der Waals surface area contributed by atoms with Gasteiger partial charge in [-0.2, -0.15) is 10.2 Å². The normalized spacial score (nSPS) is 11.3. The quantitative estimate of drug-likeness (QED) is 0.113. The third-order valence-electron chi connectivity index (χ3n) is 7.90. The standard InChI is InChI=1S/C42H30N4O2/c47-39(31-13-5-1-6-14-31)27-25-35-29-45(37-17-9-3-10-18-37)43-41(35)33-21-23-34(24-22-33)42-36(26-28-40(48)32-15-7-2-8-16-32)30-46(44-42)38-19-11-4-12-20-38/h1-30H/b27-25+,28-26+. The van der Waals surface area contributed by atoms with Gasteiger partial charge in [-0.05, 0) is 48.6 Å². The highest BCUT2D eigenvalue weighted by atomic mass is 16.1. The molecule has 0 spiro atoms. The van der Waals surface area contributed by atoms with Gasteiger partial charge in [-0.25, -0.2) is 9.36 Å². The van der Waals surface area contributed by atoms with Gasteiger partial charge in [0.25, 0.3) is 0 Å². The van der Waals surface area contributed by atoms with Gasteiger partial charge in [0.15, 0.2) is 11.6 Å². The van der Waals surface area contributed by atoms with E-state index in [1.54, 1.807) is 36.4 Å². The minimum absolute atomic E-state index is 0.0790. The molecule has 48 heavy (non-hydrogen) atoms. The van der Waals surface area contributed by atoms with E-state index in [9.17, 15) is 9.59 Å². The summed E-state index contributed by atoms with van der Waals surface area (Å²) < 4.78 is 3.65. The molecule has 7 rings (SSSR count). The highest BCUT2D eigenvalue weighted by Gasteiger charge is 2.15. The van der Waals surface area contributed by atoms with Gasteiger partial charge in [0, 0.05) is 45.8 Å². The molecule has 6 nitrogen and oxygen atoms in total. The summed E-state index contributed by atoms with van der Waals surface area (Å²) in [4.78, 5) is 25.8. The zero-order valence-corrected chi connectivity index (χ0v) is 25.9. The van der Waals surface area contributed by atoms with Crippen molar-refractivity contribution in [3.63, 3.8) is 0 Å². The Morgan fingerprint density at radius 2 is 0.771 bits per heavy atom. The Labute approximate surface area is 278 Å². The lowest BCUT2D eigenvalue weighted by atomic mass is 10.0. The van der Waals surface area contributed by atoms with Crippen LogP contribution in [0.25, 0.3) is 46.0 Å². The molecular weight excluding hydrogens is 592 g/mol. The summed E-state index contributed by atoms with van der Waals surface area (Å²) in [6, 6.07) is 46.2. The Morgan fingerprint density at radius 3 is 1.12 bits per heavy atom. The zero-order valence-electron chi connectivity index (χ0n) is 25.9. The van der Waals surface area contributed by atoms with Gasteiger partial charge in [0.2, 0.25) is 0 Å². The second kappa shape index (κ2) is 13.8. The summed E-state index contributed by atoms with van der Waals surface area (Å²) in [6.07, 6.45) is 10.7. The van der Waals surface area contributed by atoms with Crippen LogP contribution >= 0.6 is 0 Å². The number of rotatable bonds is 10. The number of ketones is 2. The van der Waals surface area contributed by atoms with Crippen LogP contribution in [0.5, 0.6) is 0 Å². The number of aromatic nitrogens is 4. The van der Waals surface area contributed by atoms with Gasteiger partial charge in [-0.15, -0.1) is 0 Å². The highest BCUT2D eigenvalue weighted by molar-refractivity contribution is 6.07. The molecule has 0 fully saturated rings. The second-order valence-electron chi connectivity index (χ2n) is 11.1. The van der Waals surface area contributed by atoms with Crippen molar-refractivity contribution in [2.75, 3.05) is 0 Å². The van der Waals surface area contributed by atoms with Gasteiger partial charge in [0.1, 0.15) is 0 Å². The second-order valence-corrected chi connectivity index (χ2v) is 11.1. The van der Waals surface area contributed by atoms with E-state index in [2.05, 4.69) is 0 Å². The third kappa shape index (κ3) is 6.64. The molecule has 2 aromatic heterocycles. The lowest BCUT2D eigenvalue weighted by molar-refractivity contribution is 0.103. The largest absolute Gasteiger partial charge is 0.289 e. The molecule has 0 aliphatic rings. The first-order chi connectivity index (χ1) is 23.6. The first-order valence-electron chi connectivity index (χ1n) is 15.6. The van der Waals surface area contributed by atoms with Crippen molar-refractivity contribution in [1.29, 1.82) is 0 Å². The fraction of sp³-hybridized carbons (Fsp3) is 0. The van der Waals surface area contributed by atoms with Crippen LogP contribution in [-0.2, 0) is 0 Å². The molecule has 0 radical (unpaired) electrons. The van der Waals surface area contributed by atoms with Crippen molar-refractivity contribution >= 4 is 23.7 Å². The lowest BCUT2D eigenvalue weighted by Crippen LogP contribution is -1.94. The van der Waals surface area contributed by atoms with Crippen LogP contribution in [0.2, 0.25) is 0 Å². The molecule has 0 unspecified atom stereocenters. The van der Waals surface area contributed by atoms with Crippen molar-refractivity contribution in [1.82, 2.24) is 19.6 Å². The maximum atomic E-state index is 12.9. The van der Waals surface area contributed by atoms with Crippen LogP contribution in [0.3, 0.4) is 0 Å². The fourth-order valence-electron chi connectivity index (χ4n) is 5.41. The van der Waals surface area contributed by atoms with Crippen LogP contribution in [0.15, 0.2) is 170 Å². The minimum atomic E-state index is -0.0790. The van der Waals surface area contributed by atoms with Crippen LogP contribution in [0, 0.1) is 0 Å². The molecule has 0 aliphatic carbocycles. The molecule has 0 N–H and O–H groups in total. The predicted molar refractivity (Wildman–Crippen MR) is 191 cm³/mol. The van der Waals surface area contributed by atoms with Crippen molar-refractivity contribution in [3.8, 4) is 33.9 Å². The number of hydrogen-bond donors (Lipinski definition) is 0. The van der Waals surface area contributed by atoms with Gasteiger partial charge in [-0.1, -0.05) is 121 Å². The smallest absolute Gasteiger partial charge is 0.185 e. The number of benzene rings is 5. The van der Waals surface area contributed by atoms with E-state index >= 15 is 0 Å². The maximum absolute atomic E-state index is 12.9. The molecule has 2 heterocycles. The summed E-state index contributed by atoms with van der Waals surface area (Å²) in [5.74, 6) is -0.158. The number of para-hydroxylation sites is 2. The van der Waals surface area contributed by atoms with Gasteiger partial charge < -0.3 is 0 Å². The van der Waals surface area contributed by atoms with E-state index in [0.29, 0.717) is 11.1 Å². The van der Waals surface area contributed by atoms with Gasteiger partial charge >= 0.3 is 0 Å². The number of carbonyl (C=O) groups excluding carboxylic acids is 2. The number of hydrogen-bond acceptors (Lipinski definition) is 4. The van der Waals surface area contributed by atoms with E-state index in [-0.39, 0.29) is 11.6 Å². The highest BCUT2D eigenvalue weighted by Crippen LogP contribution is 2.30. The lowest BCUT2D eigenvalue weighted by Gasteiger charge is -2.04. The van der Waals surface area contributed by atoms with E-state index < -0.39 is 0 Å². The Bertz CT molecular complexity index is 2070. The third-order valence-corrected chi connectivity index (χ3v) is 7.90. The average Bonchev–Trinajstić information content (AvgIpc) is 3.79. The summed E-state index contributed by atoms with van der Waals surface area (Å²) in [5, 5.41) is 9.86. The monoisotopic (exact) mass is 622 g/mol. The van der Waals surface area contributed by atoms with E-state index in [4.69, 9.17) is 10.2 Å². The Morgan fingerprint density at radius 1 is 0.438 bits per heavy atom. The molecule has 0 saturated heterocycles. The molecule has 5 aromatic carbocycles. The van der Waals surface area contributed by atoms with E-state index in [1.165, 1.54) is 0 Å². The van der Waals surface area contributed by atoms with E-state index in [0.717, 1.165) is 45.0 Å². The van der Waals surface area contributed by atoms with Crippen molar-refractivity contribution < 1.29 is 9.59 Å². The van der Waals surface area contributed by atoms with Crippen molar-refractivity contribution in [3.05, 3.63) is 192 Å². The fourth-order valence-corrected chi connectivity index (χ4v) is 5.41. The predicted octanol–water partition coefficient (Wildman–Crippen LogP) is 9.18.